The predicted octanol–water partition coefficient (Wildman–Crippen LogP) is 5.88. The summed E-state index contributed by atoms with van der Waals surface area (Å²) in [5.74, 6) is 0.777. The van der Waals surface area contributed by atoms with E-state index < -0.39 is 0 Å². The predicted molar refractivity (Wildman–Crippen MR) is 114 cm³/mol. The number of nitrogens with one attached hydrogen (secondary N) is 3. The van der Waals surface area contributed by atoms with Crippen LogP contribution in [0, 0.1) is 0 Å². The number of aromatic nitrogens is 1. The first kappa shape index (κ1) is 17.7. The number of H-pyrrole nitrogens is 1. The number of carbonyl (C=O) groups excluding carboxylic acids is 1. The number of urea groups is 1. The molecule has 5 nitrogen and oxygen atoms in total. The third-order valence-electron chi connectivity index (χ3n) is 4.38. The summed E-state index contributed by atoms with van der Waals surface area (Å²) in [6.45, 7) is 2.55. The second kappa shape index (κ2) is 7.88. The standard InChI is InChI=1S/C23H21N3O2/c1-2-28-20-12-10-18(11-13-20)24-23(27)25-19-8-5-7-16(14-19)22-15-17-6-3-4-9-21(17)26-22/h3-15,26H,2H2,1H3,(H2,24,25,27). The van der Waals surface area contributed by atoms with E-state index in [1.165, 1.54) is 0 Å². The zero-order valence-electron chi connectivity index (χ0n) is 15.5. The average molecular weight is 371 g/mol. The van der Waals surface area contributed by atoms with Crippen LogP contribution in [-0.2, 0) is 0 Å². The van der Waals surface area contributed by atoms with E-state index in [2.05, 4.69) is 27.8 Å². The van der Waals surface area contributed by atoms with Gasteiger partial charge in [0.2, 0.25) is 0 Å². The van der Waals surface area contributed by atoms with Crippen LogP contribution in [0.5, 0.6) is 5.75 Å². The maximum absolute atomic E-state index is 12.3. The molecule has 0 aliphatic heterocycles. The molecule has 0 unspecified atom stereocenters. The number of hydrogen-bond donors (Lipinski definition) is 3. The highest BCUT2D eigenvalue weighted by molar-refractivity contribution is 6.00. The lowest BCUT2D eigenvalue weighted by molar-refractivity contribution is 0.262. The van der Waals surface area contributed by atoms with Crippen molar-refractivity contribution in [3.8, 4) is 17.0 Å². The van der Waals surface area contributed by atoms with Crippen LogP contribution in [0.25, 0.3) is 22.2 Å². The number of amides is 2. The largest absolute Gasteiger partial charge is 0.494 e. The fourth-order valence-corrected chi connectivity index (χ4v) is 3.09. The van der Waals surface area contributed by atoms with E-state index in [4.69, 9.17) is 4.74 Å². The Morgan fingerprint density at radius 1 is 0.893 bits per heavy atom. The molecule has 5 heteroatoms. The van der Waals surface area contributed by atoms with Crippen molar-refractivity contribution in [3.05, 3.63) is 78.9 Å². The molecule has 0 aliphatic rings. The van der Waals surface area contributed by atoms with Crippen molar-refractivity contribution in [1.29, 1.82) is 0 Å². The van der Waals surface area contributed by atoms with Crippen LogP contribution in [-0.4, -0.2) is 17.6 Å². The number of ether oxygens (including phenoxy) is 1. The first-order chi connectivity index (χ1) is 13.7. The van der Waals surface area contributed by atoms with Crippen molar-refractivity contribution in [2.45, 2.75) is 6.92 Å². The average Bonchev–Trinajstić information content (AvgIpc) is 3.14. The fraction of sp³-hybridized carbons (Fsp3) is 0.0870. The van der Waals surface area contributed by atoms with Crippen LogP contribution >= 0.6 is 0 Å². The number of fused-ring (bicyclic) bond motifs is 1. The van der Waals surface area contributed by atoms with Crippen LogP contribution < -0.4 is 15.4 Å². The molecule has 1 heterocycles. The van der Waals surface area contributed by atoms with Crippen molar-refractivity contribution < 1.29 is 9.53 Å². The molecule has 0 atom stereocenters. The maximum atomic E-state index is 12.3. The highest BCUT2D eigenvalue weighted by Crippen LogP contribution is 2.26. The van der Waals surface area contributed by atoms with E-state index in [0.717, 1.165) is 33.6 Å². The molecule has 0 spiro atoms. The minimum Gasteiger partial charge on any atom is -0.494 e. The minimum atomic E-state index is -0.294. The molecule has 0 aliphatic carbocycles. The molecule has 3 aromatic carbocycles. The molecule has 4 rings (SSSR count). The number of para-hydroxylation sites is 1. The highest BCUT2D eigenvalue weighted by atomic mass is 16.5. The molecule has 28 heavy (non-hydrogen) atoms. The normalized spacial score (nSPS) is 10.6. The van der Waals surface area contributed by atoms with Crippen LogP contribution in [0.3, 0.4) is 0 Å². The van der Waals surface area contributed by atoms with E-state index in [1.807, 2.05) is 73.7 Å². The first-order valence-corrected chi connectivity index (χ1v) is 9.20. The Kier molecular flexibility index (Phi) is 4.97. The summed E-state index contributed by atoms with van der Waals surface area (Å²) in [7, 11) is 0. The minimum absolute atomic E-state index is 0.294. The summed E-state index contributed by atoms with van der Waals surface area (Å²) < 4.78 is 5.41. The Bertz CT molecular complexity index is 1070. The summed E-state index contributed by atoms with van der Waals surface area (Å²) in [4.78, 5) is 15.7. The van der Waals surface area contributed by atoms with Crippen LogP contribution in [0.4, 0.5) is 16.2 Å². The van der Waals surface area contributed by atoms with Gasteiger partial charge in [0.1, 0.15) is 5.75 Å². The Morgan fingerprint density at radius 2 is 1.68 bits per heavy atom. The lowest BCUT2D eigenvalue weighted by Gasteiger charge is -2.09. The van der Waals surface area contributed by atoms with Gasteiger partial charge in [-0.3, -0.25) is 0 Å². The van der Waals surface area contributed by atoms with Crippen LogP contribution in [0.15, 0.2) is 78.9 Å². The maximum Gasteiger partial charge on any atom is 0.323 e. The van der Waals surface area contributed by atoms with Crippen molar-refractivity contribution in [3.63, 3.8) is 0 Å². The Balaban J connectivity index is 1.46. The smallest absolute Gasteiger partial charge is 0.323 e. The van der Waals surface area contributed by atoms with Crippen LogP contribution in [0.1, 0.15) is 6.92 Å². The van der Waals surface area contributed by atoms with E-state index >= 15 is 0 Å². The molecular weight excluding hydrogens is 350 g/mol. The lowest BCUT2D eigenvalue weighted by atomic mass is 10.1. The zero-order chi connectivity index (χ0) is 19.3. The summed E-state index contributed by atoms with van der Waals surface area (Å²) in [5.41, 5.74) is 4.53. The van der Waals surface area contributed by atoms with Gasteiger partial charge < -0.3 is 20.4 Å². The van der Waals surface area contributed by atoms with Gasteiger partial charge in [0.05, 0.1) is 6.61 Å². The second-order valence-electron chi connectivity index (χ2n) is 6.39. The number of anilines is 2. The molecule has 0 fully saturated rings. The molecule has 3 N–H and O–H groups in total. The lowest BCUT2D eigenvalue weighted by Crippen LogP contribution is -2.19. The topological polar surface area (TPSA) is 66.2 Å². The molecule has 0 saturated heterocycles. The number of carbonyl (C=O) groups is 1. The molecule has 0 radical (unpaired) electrons. The quantitative estimate of drug-likeness (QED) is 0.410. The zero-order valence-corrected chi connectivity index (χ0v) is 15.5. The summed E-state index contributed by atoms with van der Waals surface area (Å²) in [6.07, 6.45) is 0. The molecule has 2 amide bonds. The molecule has 4 aromatic rings. The van der Waals surface area contributed by atoms with Gasteiger partial charge in [-0.25, -0.2) is 4.79 Å². The van der Waals surface area contributed by atoms with E-state index in [-0.39, 0.29) is 6.03 Å². The van der Waals surface area contributed by atoms with Crippen LogP contribution in [0.2, 0.25) is 0 Å². The van der Waals surface area contributed by atoms with Gasteiger partial charge in [0.15, 0.2) is 0 Å². The number of rotatable bonds is 5. The highest BCUT2D eigenvalue weighted by Gasteiger charge is 2.07. The Hall–Kier alpha value is -3.73. The molecule has 1 aromatic heterocycles. The van der Waals surface area contributed by atoms with E-state index in [0.29, 0.717) is 12.3 Å². The second-order valence-corrected chi connectivity index (χ2v) is 6.39. The van der Waals surface area contributed by atoms with E-state index in [9.17, 15) is 4.79 Å². The SMILES string of the molecule is CCOc1ccc(NC(=O)Nc2cccc(-c3cc4ccccc4[nH]3)c2)cc1. The Labute approximate surface area is 163 Å². The third kappa shape index (κ3) is 3.99. The van der Waals surface area contributed by atoms with Gasteiger partial charge in [-0.15, -0.1) is 0 Å². The molecule has 140 valence electrons. The molecular formula is C23H21N3O2. The van der Waals surface area contributed by atoms with Gasteiger partial charge >= 0.3 is 6.03 Å². The van der Waals surface area contributed by atoms with Crippen molar-refractivity contribution in [2.24, 2.45) is 0 Å². The number of hydrogen-bond acceptors (Lipinski definition) is 2. The summed E-state index contributed by atoms with van der Waals surface area (Å²) in [6, 6.07) is 25.0. The van der Waals surface area contributed by atoms with Gasteiger partial charge in [-0.2, -0.15) is 0 Å². The number of aromatic amines is 1. The Morgan fingerprint density at radius 3 is 2.46 bits per heavy atom. The first-order valence-electron chi connectivity index (χ1n) is 9.20. The number of benzene rings is 3. The fourth-order valence-electron chi connectivity index (χ4n) is 3.09. The molecule has 0 saturated carbocycles. The third-order valence-corrected chi connectivity index (χ3v) is 4.38. The van der Waals surface area contributed by atoms with Gasteiger partial charge in [0, 0.05) is 33.5 Å². The van der Waals surface area contributed by atoms with Crippen molar-refractivity contribution in [1.82, 2.24) is 4.98 Å². The summed E-state index contributed by atoms with van der Waals surface area (Å²) >= 11 is 0. The van der Waals surface area contributed by atoms with Gasteiger partial charge in [0.25, 0.3) is 0 Å². The molecule has 0 bridgehead atoms. The monoisotopic (exact) mass is 371 g/mol. The van der Waals surface area contributed by atoms with Crippen molar-refractivity contribution in [2.75, 3.05) is 17.2 Å². The van der Waals surface area contributed by atoms with Crippen molar-refractivity contribution >= 4 is 28.3 Å². The van der Waals surface area contributed by atoms with Gasteiger partial charge in [-0.05, 0) is 55.5 Å². The summed E-state index contributed by atoms with van der Waals surface area (Å²) in [5, 5.41) is 6.86. The van der Waals surface area contributed by atoms with Gasteiger partial charge in [-0.1, -0.05) is 30.3 Å². The van der Waals surface area contributed by atoms with E-state index in [1.54, 1.807) is 0 Å².